The van der Waals surface area contributed by atoms with Gasteiger partial charge in [-0.15, -0.1) is 0 Å². The molecule has 0 aliphatic carbocycles. The van der Waals surface area contributed by atoms with Gasteiger partial charge in [0.15, 0.2) is 0 Å². The van der Waals surface area contributed by atoms with Crippen molar-refractivity contribution < 1.29 is 9.90 Å². The van der Waals surface area contributed by atoms with Crippen LogP contribution in [0.15, 0.2) is 0 Å². The molecule has 6 nitrogen and oxygen atoms in total. The lowest BCUT2D eigenvalue weighted by Gasteiger charge is -2.31. The minimum atomic E-state index is -0.698. The van der Waals surface area contributed by atoms with Crippen LogP contribution < -0.4 is 10.6 Å². The van der Waals surface area contributed by atoms with Gasteiger partial charge in [0, 0.05) is 64.9 Å². The summed E-state index contributed by atoms with van der Waals surface area (Å²) in [5.74, 6) is -0.106. The molecule has 6 heteroatoms. The summed E-state index contributed by atoms with van der Waals surface area (Å²) >= 11 is 0. The quantitative estimate of drug-likeness (QED) is 0.622. The second-order valence-electron chi connectivity index (χ2n) is 6.11. The molecule has 4 atom stereocenters. The molecule has 20 heavy (non-hydrogen) atoms. The smallest absolute Gasteiger partial charge is 0.304 e. The molecule has 0 radical (unpaired) electrons. The van der Waals surface area contributed by atoms with Crippen LogP contribution in [0.1, 0.15) is 13.3 Å². The summed E-state index contributed by atoms with van der Waals surface area (Å²) in [5.41, 5.74) is 0. The minimum absolute atomic E-state index is 0.106. The van der Waals surface area contributed by atoms with E-state index in [0.29, 0.717) is 5.92 Å². The number of nitrogens with zero attached hydrogens (tertiary/aromatic N) is 2. The molecule has 2 aliphatic heterocycles. The monoisotopic (exact) mass is 284 g/mol. The third-order valence-corrected chi connectivity index (χ3v) is 4.21. The summed E-state index contributed by atoms with van der Waals surface area (Å²) in [6.45, 7) is 11.1. The Morgan fingerprint density at radius 3 is 2.75 bits per heavy atom. The van der Waals surface area contributed by atoms with E-state index in [4.69, 9.17) is 5.11 Å². The van der Waals surface area contributed by atoms with Crippen LogP contribution in [0.3, 0.4) is 0 Å². The Morgan fingerprint density at radius 2 is 1.95 bits per heavy atom. The molecular weight excluding hydrogens is 256 g/mol. The van der Waals surface area contributed by atoms with Gasteiger partial charge in [0.1, 0.15) is 0 Å². The first-order valence-corrected chi connectivity index (χ1v) is 7.75. The molecule has 2 saturated heterocycles. The molecule has 4 unspecified atom stereocenters. The molecule has 116 valence electrons. The Hall–Kier alpha value is -0.690. The zero-order chi connectivity index (χ0) is 14.4. The normalized spacial score (nSPS) is 36.6. The number of carboxylic acid groups (broad SMARTS) is 1. The highest BCUT2D eigenvalue weighted by Gasteiger charge is 2.26. The second-order valence-corrected chi connectivity index (χ2v) is 6.11. The highest BCUT2D eigenvalue weighted by molar-refractivity contribution is 5.67. The van der Waals surface area contributed by atoms with E-state index < -0.39 is 5.97 Å². The first-order chi connectivity index (χ1) is 9.65. The number of carbonyl (C=O) groups is 1. The van der Waals surface area contributed by atoms with Crippen molar-refractivity contribution in [3.63, 3.8) is 0 Å². The fraction of sp³-hybridized carbons (Fsp3) is 0.929. The van der Waals surface area contributed by atoms with Crippen molar-refractivity contribution in [2.75, 3.05) is 58.9 Å². The van der Waals surface area contributed by atoms with E-state index in [1.54, 1.807) is 0 Å². The molecule has 0 amide bonds. The topological polar surface area (TPSA) is 67.8 Å². The van der Waals surface area contributed by atoms with Crippen molar-refractivity contribution in [1.82, 2.24) is 20.4 Å². The van der Waals surface area contributed by atoms with E-state index in [-0.39, 0.29) is 12.5 Å². The summed E-state index contributed by atoms with van der Waals surface area (Å²) in [5, 5.41) is 16.0. The molecule has 0 saturated carbocycles. The Balaban J connectivity index is 2.04. The van der Waals surface area contributed by atoms with Crippen molar-refractivity contribution in [3.8, 4) is 0 Å². The highest BCUT2D eigenvalue weighted by atomic mass is 16.4. The Kier molecular flexibility index (Phi) is 6.22. The van der Waals surface area contributed by atoms with Crippen LogP contribution in [0.25, 0.3) is 0 Å². The third-order valence-electron chi connectivity index (χ3n) is 4.21. The lowest BCUT2D eigenvalue weighted by molar-refractivity contribution is -0.138. The van der Waals surface area contributed by atoms with Gasteiger partial charge < -0.3 is 20.6 Å². The number of hydrogen-bond donors (Lipinski definition) is 3. The molecule has 3 N–H and O–H groups in total. The SMILES string of the molecule is CC1CN2CCNCCNCC(CC(=O)O)N(CC2)C1. The number of nitrogens with one attached hydrogen (secondary N) is 2. The van der Waals surface area contributed by atoms with Crippen molar-refractivity contribution in [3.05, 3.63) is 0 Å². The predicted molar refractivity (Wildman–Crippen MR) is 79.0 cm³/mol. The van der Waals surface area contributed by atoms with Crippen LogP contribution in [0, 0.1) is 5.92 Å². The molecule has 2 heterocycles. The van der Waals surface area contributed by atoms with Gasteiger partial charge in [0.25, 0.3) is 0 Å². The Bertz CT molecular complexity index is 314. The van der Waals surface area contributed by atoms with E-state index in [9.17, 15) is 4.79 Å². The largest absolute Gasteiger partial charge is 0.481 e. The molecule has 2 fully saturated rings. The highest BCUT2D eigenvalue weighted by Crippen LogP contribution is 2.14. The van der Waals surface area contributed by atoms with Crippen LogP contribution in [-0.4, -0.2) is 85.8 Å². The fourth-order valence-corrected chi connectivity index (χ4v) is 3.23. The van der Waals surface area contributed by atoms with Crippen molar-refractivity contribution in [1.29, 1.82) is 0 Å². The summed E-state index contributed by atoms with van der Waals surface area (Å²) in [7, 11) is 0. The van der Waals surface area contributed by atoms with Crippen LogP contribution >= 0.6 is 0 Å². The first-order valence-electron chi connectivity index (χ1n) is 7.75. The second kappa shape index (κ2) is 7.93. The molecule has 0 aromatic heterocycles. The third kappa shape index (κ3) is 5.01. The molecule has 2 aliphatic rings. The van der Waals surface area contributed by atoms with Crippen LogP contribution in [-0.2, 0) is 4.79 Å². The number of carboxylic acids is 1. The molecule has 0 aromatic carbocycles. The maximum atomic E-state index is 11.1. The molecule has 0 aromatic rings. The van der Waals surface area contributed by atoms with Crippen LogP contribution in [0.5, 0.6) is 0 Å². The average Bonchev–Trinajstić information content (AvgIpc) is 2.55. The first kappa shape index (κ1) is 15.7. The van der Waals surface area contributed by atoms with E-state index in [1.165, 1.54) is 0 Å². The van der Waals surface area contributed by atoms with E-state index in [2.05, 4.69) is 27.4 Å². The predicted octanol–water partition coefficient (Wildman–Crippen LogP) is -0.724. The Morgan fingerprint density at radius 1 is 1.15 bits per heavy atom. The van der Waals surface area contributed by atoms with Gasteiger partial charge in [-0.25, -0.2) is 0 Å². The van der Waals surface area contributed by atoms with Gasteiger partial charge in [-0.3, -0.25) is 9.69 Å². The van der Waals surface area contributed by atoms with Crippen molar-refractivity contribution >= 4 is 5.97 Å². The van der Waals surface area contributed by atoms with Crippen molar-refractivity contribution in [2.24, 2.45) is 5.92 Å². The number of fused-ring (bicyclic) bond motifs is 3. The standard InChI is InChI=1S/C14H28N4O2/c1-12-10-17-5-4-15-2-3-16-9-13(8-14(19)20)18(11-12)7-6-17/h12-13,15-16H,2-11H2,1H3,(H,19,20). The number of aliphatic carboxylic acids is 1. The summed E-state index contributed by atoms with van der Waals surface area (Å²) in [6.07, 6.45) is 0.229. The zero-order valence-electron chi connectivity index (χ0n) is 12.5. The average molecular weight is 284 g/mol. The fourth-order valence-electron chi connectivity index (χ4n) is 3.23. The minimum Gasteiger partial charge on any atom is -0.481 e. The van der Waals surface area contributed by atoms with Gasteiger partial charge in [0.05, 0.1) is 6.42 Å². The molecule has 0 spiro atoms. The van der Waals surface area contributed by atoms with Gasteiger partial charge in [-0.05, 0) is 5.92 Å². The van der Waals surface area contributed by atoms with E-state index in [0.717, 1.165) is 58.9 Å². The molecular formula is C14H28N4O2. The van der Waals surface area contributed by atoms with Crippen LogP contribution in [0.4, 0.5) is 0 Å². The van der Waals surface area contributed by atoms with Gasteiger partial charge in [-0.2, -0.15) is 0 Å². The van der Waals surface area contributed by atoms with Gasteiger partial charge >= 0.3 is 5.97 Å². The van der Waals surface area contributed by atoms with Gasteiger partial charge in [-0.1, -0.05) is 6.92 Å². The van der Waals surface area contributed by atoms with Crippen LogP contribution in [0.2, 0.25) is 0 Å². The van der Waals surface area contributed by atoms with Crippen molar-refractivity contribution in [2.45, 2.75) is 19.4 Å². The lowest BCUT2D eigenvalue weighted by Crippen LogP contribution is -2.47. The maximum Gasteiger partial charge on any atom is 0.304 e. The molecule has 2 bridgehead atoms. The van der Waals surface area contributed by atoms with E-state index in [1.807, 2.05) is 0 Å². The summed E-state index contributed by atoms with van der Waals surface area (Å²) < 4.78 is 0. The summed E-state index contributed by atoms with van der Waals surface area (Å²) in [6, 6.07) is 0.106. The molecule has 2 rings (SSSR count). The zero-order valence-corrected chi connectivity index (χ0v) is 12.5. The number of hydrogen-bond acceptors (Lipinski definition) is 5. The maximum absolute atomic E-state index is 11.1. The lowest BCUT2D eigenvalue weighted by atomic mass is 10.1. The summed E-state index contributed by atoms with van der Waals surface area (Å²) in [4.78, 5) is 16.0. The van der Waals surface area contributed by atoms with E-state index >= 15 is 0 Å². The Labute approximate surface area is 121 Å². The van der Waals surface area contributed by atoms with Gasteiger partial charge in [0.2, 0.25) is 0 Å². The number of rotatable bonds is 2.